The zero-order valence-electron chi connectivity index (χ0n) is 10.7. The Balaban J connectivity index is 2.27. The quantitative estimate of drug-likeness (QED) is 0.901. The van der Waals surface area contributed by atoms with Crippen LogP contribution in [-0.2, 0) is 12.0 Å². The first-order valence-corrected chi connectivity index (χ1v) is 5.94. The number of aromatic nitrogens is 1. The van der Waals surface area contributed by atoms with Crippen molar-refractivity contribution in [1.82, 2.24) is 4.98 Å². The molecule has 0 saturated heterocycles. The molecule has 2 nitrogen and oxygen atoms in total. The van der Waals surface area contributed by atoms with Crippen molar-refractivity contribution in [3.8, 4) is 0 Å². The lowest BCUT2D eigenvalue weighted by Gasteiger charge is -2.25. The van der Waals surface area contributed by atoms with Gasteiger partial charge in [-0.1, -0.05) is 18.2 Å². The van der Waals surface area contributed by atoms with Crippen molar-refractivity contribution in [1.29, 1.82) is 0 Å². The summed E-state index contributed by atoms with van der Waals surface area (Å²) in [7, 11) is 0. The van der Waals surface area contributed by atoms with Crippen molar-refractivity contribution in [2.24, 2.45) is 5.73 Å². The number of pyridine rings is 1. The van der Waals surface area contributed by atoms with E-state index in [1.54, 1.807) is 19.2 Å². The van der Waals surface area contributed by atoms with E-state index in [0.29, 0.717) is 12.0 Å². The topological polar surface area (TPSA) is 38.9 Å². The van der Waals surface area contributed by atoms with Gasteiger partial charge in [0.1, 0.15) is 5.82 Å². The van der Waals surface area contributed by atoms with Gasteiger partial charge in [0.15, 0.2) is 0 Å². The molecule has 2 aromatic rings. The van der Waals surface area contributed by atoms with E-state index < -0.39 is 5.54 Å². The molecule has 94 valence electrons. The van der Waals surface area contributed by atoms with E-state index in [2.05, 4.69) is 4.98 Å². The van der Waals surface area contributed by atoms with Crippen LogP contribution < -0.4 is 5.73 Å². The minimum atomic E-state index is -0.622. The van der Waals surface area contributed by atoms with Crippen LogP contribution >= 0.6 is 0 Å². The Morgan fingerprint density at radius 3 is 2.67 bits per heavy atom. The van der Waals surface area contributed by atoms with Crippen LogP contribution in [0.1, 0.15) is 23.7 Å². The molecule has 0 aliphatic heterocycles. The van der Waals surface area contributed by atoms with Gasteiger partial charge in [0.25, 0.3) is 0 Å². The summed E-state index contributed by atoms with van der Waals surface area (Å²) in [4.78, 5) is 4.26. The second kappa shape index (κ2) is 4.86. The molecule has 2 rings (SSSR count). The van der Waals surface area contributed by atoms with Gasteiger partial charge in [-0.15, -0.1) is 0 Å². The smallest absolute Gasteiger partial charge is 0.126 e. The van der Waals surface area contributed by atoms with Gasteiger partial charge in [-0.25, -0.2) is 4.39 Å². The standard InChI is InChI=1S/C15H17FN2/c1-11-6-7-12(9-14(11)16)15(2,17)10-13-5-3-4-8-18-13/h3-9H,10,17H2,1-2H3. The molecule has 0 amide bonds. The average Bonchev–Trinajstić information content (AvgIpc) is 2.33. The van der Waals surface area contributed by atoms with Gasteiger partial charge in [0.05, 0.1) is 0 Å². The maximum Gasteiger partial charge on any atom is 0.126 e. The average molecular weight is 244 g/mol. The second-order valence-electron chi connectivity index (χ2n) is 4.88. The van der Waals surface area contributed by atoms with Crippen LogP contribution in [0.3, 0.4) is 0 Å². The van der Waals surface area contributed by atoms with Crippen molar-refractivity contribution in [3.05, 3.63) is 65.2 Å². The fraction of sp³-hybridized carbons (Fsp3) is 0.267. The Hall–Kier alpha value is -1.74. The maximum absolute atomic E-state index is 13.6. The van der Waals surface area contributed by atoms with Crippen molar-refractivity contribution in [2.75, 3.05) is 0 Å². The third-order valence-corrected chi connectivity index (χ3v) is 3.11. The Morgan fingerprint density at radius 2 is 2.06 bits per heavy atom. The summed E-state index contributed by atoms with van der Waals surface area (Å²) in [5.74, 6) is -0.217. The molecule has 0 aliphatic rings. The van der Waals surface area contributed by atoms with E-state index in [-0.39, 0.29) is 5.82 Å². The van der Waals surface area contributed by atoms with E-state index in [1.807, 2.05) is 31.2 Å². The maximum atomic E-state index is 13.6. The zero-order valence-corrected chi connectivity index (χ0v) is 10.7. The molecule has 1 unspecified atom stereocenters. The van der Waals surface area contributed by atoms with E-state index in [4.69, 9.17) is 5.73 Å². The molecule has 3 heteroatoms. The molecular formula is C15H17FN2. The molecule has 1 aromatic carbocycles. The Bertz CT molecular complexity index is 535. The molecular weight excluding hydrogens is 227 g/mol. The molecule has 1 aromatic heterocycles. The fourth-order valence-electron chi connectivity index (χ4n) is 1.93. The van der Waals surface area contributed by atoms with E-state index in [9.17, 15) is 4.39 Å². The Labute approximate surface area is 107 Å². The number of halogens is 1. The van der Waals surface area contributed by atoms with Crippen molar-refractivity contribution in [2.45, 2.75) is 25.8 Å². The highest BCUT2D eigenvalue weighted by Crippen LogP contribution is 2.23. The molecule has 0 spiro atoms. The molecule has 0 aliphatic carbocycles. The number of aryl methyl sites for hydroxylation is 1. The molecule has 1 atom stereocenters. The summed E-state index contributed by atoms with van der Waals surface area (Å²) in [5, 5.41) is 0. The van der Waals surface area contributed by atoms with Gasteiger partial charge in [0.2, 0.25) is 0 Å². The predicted octanol–water partition coefficient (Wildman–Crippen LogP) is 2.95. The fourth-order valence-corrected chi connectivity index (χ4v) is 1.93. The monoisotopic (exact) mass is 244 g/mol. The lowest BCUT2D eigenvalue weighted by atomic mass is 9.87. The van der Waals surface area contributed by atoms with Gasteiger partial charge in [-0.05, 0) is 43.2 Å². The van der Waals surface area contributed by atoms with Gasteiger partial charge < -0.3 is 5.73 Å². The predicted molar refractivity (Wildman–Crippen MR) is 70.6 cm³/mol. The van der Waals surface area contributed by atoms with Crippen LogP contribution in [0.4, 0.5) is 4.39 Å². The van der Waals surface area contributed by atoms with Crippen LogP contribution in [0.25, 0.3) is 0 Å². The van der Waals surface area contributed by atoms with Gasteiger partial charge in [-0.2, -0.15) is 0 Å². The molecule has 18 heavy (non-hydrogen) atoms. The first-order valence-electron chi connectivity index (χ1n) is 5.94. The summed E-state index contributed by atoms with van der Waals surface area (Å²) in [6.07, 6.45) is 2.32. The lowest BCUT2D eigenvalue weighted by Crippen LogP contribution is -2.35. The summed E-state index contributed by atoms with van der Waals surface area (Å²) < 4.78 is 13.6. The third-order valence-electron chi connectivity index (χ3n) is 3.11. The van der Waals surface area contributed by atoms with Crippen LogP contribution in [0, 0.1) is 12.7 Å². The van der Waals surface area contributed by atoms with Gasteiger partial charge in [-0.3, -0.25) is 4.98 Å². The normalized spacial score (nSPS) is 14.2. The minimum absolute atomic E-state index is 0.217. The van der Waals surface area contributed by atoms with E-state index >= 15 is 0 Å². The molecule has 0 bridgehead atoms. The highest BCUT2D eigenvalue weighted by molar-refractivity contribution is 5.29. The highest BCUT2D eigenvalue weighted by Gasteiger charge is 2.23. The number of benzene rings is 1. The minimum Gasteiger partial charge on any atom is -0.321 e. The molecule has 0 radical (unpaired) electrons. The van der Waals surface area contributed by atoms with Crippen LogP contribution in [0.15, 0.2) is 42.6 Å². The van der Waals surface area contributed by atoms with Gasteiger partial charge in [0, 0.05) is 23.9 Å². The lowest BCUT2D eigenvalue weighted by molar-refractivity contribution is 0.480. The Kier molecular flexibility index (Phi) is 3.43. The number of nitrogens with two attached hydrogens (primary N) is 1. The first kappa shape index (κ1) is 12.7. The largest absolute Gasteiger partial charge is 0.321 e. The zero-order chi connectivity index (χ0) is 13.2. The SMILES string of the molecule is Cc1ccc(C(C)(N)Cc2ccccn2)cc1F. The number of nitrogens with zero attached hydrogens (tertiary/aromatic N) is 1. The summed E-state index contributed by atoms with van der Waals surface area (Å²) in [6.45, 7) is 3.64. The van der Waals surface area contributed by atoms with Crippen molar-refractivity contribution in [3.63, 3.8) is 0 Å². The third kappa shape index (κ3) is 2.74. The highest BCUT2D eigenvalue weighted by atomic mass is 19.1. The second-order valence-corrected chi connectivity index (χ2v) is 4.88. The summed E-state index contributed by atoms with van der Waals surface area (Å²) in [6, 6.07) is 10.9. The summed E-state index contributed by atoms with van der Waals surface area (Å²) in [5.41, 5.74) is 7.99. The molecule has 0 saturated carbocycles. The molecule has 1 heterocycles. The van der Waals surface area contributed by atoms with E-state index in [0.717, 1.165) is 11.3 Å². The van der Waals surface area contributed by atoms with E-state index in [1.165, 1.54) is 6.07 Å². The number of hydrogen-bond acceptors (Lipinski definition) is 2. The van der Waals surface area contributed by atoms with Crippen molar-refractivity contribution >= 4 is 0 Å². The van der Waals surface area contributed by atoms with Crippen LogP contribution in [-0.4, -0.2) is 4.98 Å². The molecule has 0 fully saturated rings. The van der Waals surface area contributed by atoms with Crippen LogP contribution in [0.2, 0.25) is 0 Å². The van der Waals surface area contributed by atoms with Crippen molar-refractivity contribution < 1.29 is 4.39 Å². The number of rotatable bonds is 3. The Morgan fingerprint density at radius 1 is 1.28 bits per heavy atom. The molecule has 2 N–H and O–H groups in total. The summed E-state index contributed by atoms with van der Waals surface area (Å²) >= 11 is 0. The van der Waals surface area contributed by atoms with Crippen LogP contribution in [0.5, 0.6) is 0 Å². The number of hydrogen-bond donors (Lipinski definition) is 1. The first-order chi connectivity index (χ1) is 8.49. The van der Waals surface area contributed by atoms with Gasteiger partial charge >= 0.3 is 0 Å².